The van der Waals surface area contributed by atoms with Gasteiger partial charge in [-0.15, -0.1) is 0 Å². The minimum Gasteiger partial charge on any atom is -0.486 e. The highest BCUT2D eigenvalue weighted by molar-refractivity contribution is 5.85. The molecule has 0 aliphatic carbocycles. The van der Waals surface area contributed by atoms with Crippen molar-refractivity contribution in [3.8, 4) is 11.5 Å². The first kappa shape index (κ1) is 13.7. The molecule has 0 bridgehead atoms. The molecular formula is C14H20N2O3. The smallest absolute Gasteiger partial charge is 0.240 e. The summed E-state index contributed by atoms with van der Waals surface area (Å²) in [5, 5.41) is 2.84. The molecule has 1 amide bonds. The van der Waals surface area contributed by atoms with Crippen LogP contribution in [0.4, 0.5) is 0 Å². The van der Waals surface area contributed by atoms with Crippen LogP contribution < -0.4 is 20.5 Å². The molecule has 1 aliphatic heterocycles. The monoisotopic (exact) mass is 264 g/mol. The summed E-state index contributed by atoms with van der Waals surface area (Å²) in [7, 11) is 0. The number of carbonyl (C=O) groups excluding carboxylic acids is 1. The Morgan fingerprint density at radius 2 is 2.05 bits per heavy atom. The van der Waals surface area contributed by atoms with E-state index >= 15 is 0 Å². The number of ether oxygens (including phenoxy) is 2. The molecule has 3 N–H and O–H groups in total. The third-order valence-corrected chi connectivity index (χ3v) is 3.31. The normalized spacial score (nSPS) is 16.6. The number of benzene rings is 1. The largest absolute Gasteiger partial charge is 0.486 e. The van der Waals surface area contributed by atoms with Crippen LogP contribution in [0, 0.1) is 0 Å². The highest BCUT2D eigenvalue weighted by atomic mass is 16.6. The molecule has 5 nitrogen and oxygen atoms in total. The Kier molecular flexibility index (Phi) is 3.95. The number of amides is 1. The van der Waals surface area contributed by atoms with Crippen LogP contribution >= 0.6 is 0 Å². The van der Waals surface area contributed by atoms with Crippen LogP contribution in [0.25, 0.3) is 0 Å². The molecule has 0 aromatic heterocycles. The molecule has 1 aromatic rings. The Balaban J connectivity index is 1.99. The Morgan fingerprint density at radius 1 is 1.37 bits per heavy atom. The molecular weight excluding hydrogens is 244 g/mol. The van der Waals surface area contributed by atoms with Crippen LogP contribution in [-0.4, -0.2) is 24.7 Å². The maximum absolute atomic E-state index is 11.9. The third-order valence-electron chi connectivity index (χ3n) is 3.31. The SMILES string of the molecule is CCC(C)(N)C(=O)NCc1ccc2c(c1)OCCO2. The zero-order valence-corrected chi connectivity index (χ0v) is 11.4. The fraction of sp³-hybridized carbons (Fsp3) is 0.500. The number of nitrogens with one attached hydrogen (secondary N) is 1. The van der Waals surface area contributed by atoms with Gasteiger partial charge in [-0.2, -0.15) is 0 Å². The van der Waals surface area contributed by atoms with Gasteiger partial charge in [0.05, 0.1) is 5.54 Å². The van der Waals surface area contributed by atoms with E-state index in [9.17, 15) is 4.79 Å². The zero-order valence-electron chi connectivity index (χ0n) is 11.4. The lowest BCUT2D eigenvalue weighted by Crippen LogP contribution is -2.50. The van der Waals surface area contributed by atoms with Gasteiger partial charge >= 0.3 is 0 Å². The quantitative estimate of drug-likeness (QED) is 0.857. The van der Waals surface area contributed by atoms with E-state index in [1.54, 1.807) is 6.92 Å². The van der Waals surface area contributed by atoms with Crippen molar-refractivity contribution in [3.05, 3.63) is 23.8 Å². The van der Waals surface area contributed by atoms with Gasteiger partial charge in [0.1, 0.15) is 13.2 Å². The highest BCUT2D eigenvalue weighted by Crippen LogP contribution is 2.30. The first-order valence-electron chi connectivity index (χ1n) is 6.48. The van der Waals surface area contributed by atoms with E-state index in [0.29, 0.717) is 26.2 Å². The molecule has 19 heavy (non-hydrogen) atoms. The minimum atomic E-state index is -0.826. The highest BCUT2D eigenvalue weighted by Gasteiger charge is 2.25. The van der Waals surface area contributed by atoms with E-state index in [1.165, 1.54) is 0 Å². The van der Waals surface area contributed by atoms with Crippen molar-refractivity contribution in [3.63, 3.8) is 0 Å². The summed E-state index contributed by atoms with van der Waals surface area (Å²) in [6.07, 6.45) is 0.597. The topological polar surface area (TPSA) is 73.6 Å². The predicted molar refractivity (Wildman–Crippen MR) is 72.2 cm³/mol. The predicted octanol–water partition coefficient (Wildman–Crippen LogP) is 1.20. The van der Waals surface area contributed by atoms with Gasteiger partial charge in [0.25, 0.3) is 0 Å². The molecule has 1 unspecified atom stereocenters. The molecule has 1 heterocycles. The summed E-state index contributed by atoms with van der Waals surface area (Å²) in [5.74, 6) is 1.33. The summed E-state index contributed by atoms with van der Waals surface area (Å²) in [5.41, 5.74) is 6.01. The van der Waals surface area contributed by atoms with Gasteiger partial charge in [-0.25, -0.2) is 0 Å². The first-order chi connectivity index (χ1) is 9.03. The standard InChI is InChI=1S/C14H20N2O3/c1-3-14(2,15)13(17)16-9-10-4-5-11-12(8-10)19-7-6-18-11/h4-5,8H,3,6-7,9,15H2,1-2H3,(H,16,17). The van der Waals surface area contributed by atoms with Crippen molar-refractivity contribution in [2.75, 3.05) is 13.2 Å². The average Bonchev–Trinajstić information content (AvgIpc) is 2.44. The lowest BCUT2D eigenvalue weighted by Gasteiger charge is -2.22. The molecule has 0 fully saturated rings. The molecule has 5 heteroatoms. The molecule has 0 radical (unpaired) electrons. The van der Waals surface area contributed by atoms with E-state index in [1.807, 2.05) is 25.1 Å². The van der Waals surface area contributed by atoms with Gasteiger partial charge in [0, 0.05) is 6.54 Å². The second-order valence-corrected chi connectivity index (χ2v) is 4.93. The number of carbonyl (C=O) groups is 1. The Labute approximate surface area is 113 Å². The van der Waals surface area contributed by atoms with Gasteiger partial charge in [-0.1, -0.05) is 13.0 Å². The average molecular weight is 264 g/mol. The summed E-state index contributed by atoms with van der Waals surface area (Å²) >= 11 is 0. The number of rotatable bonds is 4. The van der Waals surface area contributed by atoms with Crippen LogP contribution in [0.15, 0.2) is 18.2 Å². The molecule has 1 aromatic carbocycles. The molecule has 1 aliphatic rings. The van der Waals surface area contributed by atoms with Crippen LogP contribution in [0.1, 0.15) is 25.8 Å². The van der Waals surface area contributed by atoms with Gasteiger partial charge in [-0.3, -0.25) is 4.79 Å². The summed E-state index contributed by atoms with van der Waals surface area (Å²) in [4.78, 5) is 11.9. The maximum atomic E-state index is 11.9. The van der Waals surface area contributed by atoms with Crippen molar-refractivity contribution in [2.45, 2.75) is 32.4 Å². The second kappa shape index (κ2) is 5.48. The molecule has 104 valence electrons. The number of nitrogens with two attached hydrogens (primary N) is 1. The van der Waals surface area contributed by atoms with Crippen molar-refractivity contribution < 1.29 is 14.3 Å². The molecule has 0 saturated carbocycles. The van der Waals surface area contributed by atoms with Crippen LogP contribution in [0.3, 0.4) is 0 Å². The van der Waals surface area contributed by atoms with Crippen LogP contribution in [0.5, 0.6) is 11.5 Å². The second-order valence-electron chi connectivity index (χ2n) is 4.93. The van der Waals surface area contributed by atoms with Crippen molar-refractivity contribution in [1.82, 2.24) is 5.32 Å². The summed E-state index contributed by atoms with van der Waals surface area (Å²) in [6.45, 7) is 5.18. The van der Waals surface area contributed by atoms with Gasteiger partial charge < -0.3 is 20.5 Å². The fourth-order valence-electron chi connectivity index (χ4n) is 1.74. The van der Waals surface area contributed by atoms with Gasteiger partial charge in [0.15, 0.2) is 11.5 Å². The molecule has 0 spiro atoms. The summed E-state index contributed by atoms with van der Waals surface area (Å²) < 4.78 is 10.9. The maximum Gasteiger partial charge on any atom is 0.240 e. The van der Waals surface area contributed by atoms with E-state index in [2.05, 4.69) is 5.32 Å². The number of hydrogen-bond donors (Lipinski definition) is 2. The van der Waals surface area contributed by atoms with E-state index in [-0.39, 0.29) is 5.91 Å². The lowest BCUT2D eigenvalue weighted by atomic mass is 9.99. The van der Waals surface area contributed by atoms with E-state index in [0.717, 1.165) is 17.1 Å². The van der Waals surface area contributed by atoms with Crippen molar-refractivity contribution in [2.24, 2.45) is 5.73 Å². The third kappa shape index (κ3) is 3.17. The van der Waals surface area contributed by atoms with Crippen molar-refractivity contribution in [1.29, 1.82) is 0 Å². The zero-order chi connectivity index (χ0) is 13.9. The molecule has 1 atom stereocenters. The van der Waals surface area contributed by atoms with Gasteiger partial charge in [-0.05, 0) is 31.0 Å². The number of fused-ring (bicyclic) bond motifs is 1. The van der Waals surface area contributed by atoms with Crippen LogP contribution in [0.2, 0.25) is 0 Å². The molecule has 2 rings (SSSR count). The first-order valence-corrected chi connectivity index (χ1v) is 6.48. The fourth-order valence-corrected chi connectivity index (χ4v) is 1.74. The van der Waals surface area contributed by atoms with Gasteiger partial charge in [0.2, 0.25) is 5.91 Å². The molecule has 0 saturated heterocycles. The Hall–Kier alpha value is -1.75. The van der Waals surface area contributed by atoms with E-state index < -0.39 is 5.54 Å². The Bertz CT molecular complexity index is 472. The Morgan fingerprint density at radius 3 is 2.74 bits per heavy atom. The van der Waals surface area contributed by atoms with Crippen LogP contribution in [-0.2, 0) is 11.3 Å². The van der Waals surface area contributed by atoms with E-state index in [4.69, 9.17) is 15.2 Å². The number of hydrogen-bond acceptors (Lipinski definition) is 4. The van der Waals surface area contributed by atoms with Crippen molar-refractivity contribution >= 4 is 5.91 Å². The summed E-state index contributed by atoms with van der Waals surface area (Å²) in [6, 6.07) is 5.65. The minimum absolute atomic E-state index is 0.148. The lowest BCUT2D eigenvalue weighted by molar-refractivity contribution is -0.126.